The zero-order chi connectivity index (χ0) is 18.2. The average Bonchev–Trinajstić information content (AvgIpc) is 2.44. The standard InChI is InChI=1S/C18H23N5O2/c1-18(2,3)25-17(24)23-9-12(10-23)15-14(8-21-16(20)22-15)11-5-4-6-13(19)7-11/h4-8,12H,9-10,19H2,1-3H3,(H2,20,21,22). The van der Waals surface area contributed by atoms with Crippen LogP contribution in [0.25, 0.3) is 11.1 Å². The van der Waals surface area contributed by atoms with E-state index in [1.54, 1.807) is 11.1 Å². The van der Waals surface area contributed by atoms with Crippen LogP contribution in [-0.2, 0) is 4.74 Å². The van der Waals surface area contributed by atoms with Crippen molar-refractivity contribution in [2.24, 2.45) is 0 Å². The van der Waals surface area contributed by atoms with Crippen molar-refractivity contribution in [1.29, 1.82) is 0 Å². The zero-order valence-corrected chi connectivity index (χ0v) is 14.7. The van der Waals surface area contributed by atoms with Crippen LogP contribution < -0.4 is 11.5 Å². The summed E-state index contributed by atoms with van der Waals surface area (Å²) < 4.78 is 5.39. The molecule has 1 aromatic carbocycles. The van der Waals surface area contributed by atoms with Gasteiger partial charge in [-0.05, 0) is 38.5 Å². The lowest BCUT2D eigenvalue weighted by atomic mass is 9.91. The van der Waals surface area contributed by atoms with Gasteiger partial charge in [-0.1, -0.05) is 12.1 Å². The third kappa shape index (κ3) is 3.81. The Morgan fingerprint density at radius 3 is 2.64 bits per heavy atom. The molecule has 7 heteroatoms. The molecular formula is C18H23N5O2. The number of hydrogen-bond acceptors (Lipinski definition) is 6. The molecule has 1 saturated heterocycles. The van der Waals surface area contributed by atoms with Crippen LogP contribution in [0, 0.1) is 0 Å². The Balaban J connectivity index is 1.80. The summed E-state index contributed by atoms with van der Waals surface area (Å²) in [5.41, 5.74) is 14.5. The minimum absolute atomic E-state index is 0.0919. The van der Waals surface area contributed by atoms with Crippen LogP contribution in [0.15, 0.2) is 30.5 Å². The minimum Gasteiger partial charge on any atom is -0.444 e. The zero-order valence-electron chi connectivity index (χ0n) is 14.7. The first-order chi connectivity index (χ1) is 11.7. The summed E-state index contributed by atoms with van der Waals surface area (Å²) in [5, 5.41) is 0. The second-order valence-electron chi connectivity index (χ2n) is 7.23. The second kappa shape index (κ2) is 6.23. The molecule has 132 valence electrons. The van der Waals surface area contributed by atoms with E-state index in [4.69, 9.17) is 16.2 Å². The van der Waals surface area contributed by atoms with Gasteiger partial charge in [-0.15, -0.1) is 0 Å². The Hall–Kier alpha value is -2.83. The third-order valence-corrected chi connectivity index (χ3v) is 3.95. The molecule has 0 spiro atoms. The summed E-state index contributed by atoms with van der Waals surface area (Å²) in [6.07, 6.45) is 1.40. The van der Waals surface area contributed by atoms with E-state index in [2.05, 4.69) is 9.97 Å². The number of carbonyl (C=O) groups excluding carboxylic acids is 1. The van der Waals surface area contributed by atoms with Gasteiger partial charge in [0.2, 0.25) is 5.95 Å². The van der Waals surface area contributed by atoms with Gasteiger partial charge in [-0.2, -0.15) is 0 Å². The van der Waals surface area contributed by atoms with E-state index < -0.39 is 5.60 Å². The highest BCUT2D eigenvalue weighted by Crippen LogP contribution is 2.34. The molecule has 1 amide bonds. The van der Waals surface area contributed by atoms with E-state index in [-0.39, 0.29) is 18.0 Å². The molecule has 4 N–H and O–H groups in total. The molecule has 0 atom stereocenters. The van der Waals surface area contributed by atoms with Crippen molar-refractivity contribution in [2.45, 2.75) is 32.3 Å². The summed E-state index contributed by atoms with van der Waals surface area (Å²) >= 11 is 0. The van der Waals surface area contributed by atoms with Crippen molar-refractivity contribution >= 4 is 17.7 Å². The predicted octanol–water partition coefficient (Wildman–Crippen LogP) is 2.64. The average molecular weight is 341 g/mol. The Labute approximate surface area is 147 Å². The van der Waals surface area contributed by atoms with Gasteiger partial charge in [0.15, 0.2) is 0 Å². The van der Waals surface area contributed by atoms with Gasteiger partial charge >= 0.3 is 6.09 Å². The Bertz CT molecular complexity index is 794. The maximum atomic E-state index is 12.1. The highest BCUT2D eigenvalue weighted by molar-refractivity contribution is 5.72. The fourth-order valence-corrected chi connectivity index (χ4v) is 2.78. The number of benzene rings is 1. The summed E-state index contributed by atoms with van der Waals surface area (Å²) in [5.74, 6) is 0.313. The van der Waals surface area contributed by atoms with Gasteiger partial charge in [-0.3, -0.25) is 0 Å². The van der Waals surface area contributed by atoms with E-state index in [0.29, 0.717) is 18.8 Å². The van der Waals surface area contributed by atoms with E-state index in [9.17, 15) is 4.79 Å². The van der Waals surface area contributed by atoms with Gasteiger partial charge in [0.1, 0.15) is 5.60 Å². The van der Waals surface area contributed by atoms with Crippen molar-refractivity contribution < 1.29 is 9.53 Å². The lowest BCUT2D eigenvalue weighted by molar-refractivity contribution is 0.00793. The highest BCUT2D eigenvalue weighted by atomic mass is 16.6. The normalized spacial score (nSPS) is 14.9. The fourth-order valence-electron chi connectivity index (χ4n) is 2.78. The van der Waals surface area contributed by atoms with E-state index in [0.717, 1.165) is 16.8 Å². The van der Waals surface area contributed by atoms with Gasteiger partial charge in [0.25, 0.3) is 0 Å². The first-order valence-corrected chi connectivity index (χ1v) is 8.19. The molecule has 0 radical (unpaired) electrons. The largest absolute Gasteiger partial charge is 0.444 e. The molecule has 0 aliphatic carbocycles. The minimum atomic E-state index is -0.506. The molecule has 25 heavy (non-hydrogen) atoms. The number of ether oxygens (including phenoxy) is 1. The predicted molar refractivity (Wildman–Crippen MR) is 96.8 cm³/mol. The van der Waals surface area contributed by atoms with Crippen LogP contribution in [0.2, 0.25) is 0 Å². The maximum absolute atomic E-state index is 12.1. The van der Waals surface area contributed by atoms with E-state index in [1.165, 1.54) is 0 Å². The number of likely N-dealkylation sites (tertiary alicyclic amines) is 1. The molecule has 1 aliphatic heterocycles. The number of nitrogen functional groups attached to an aromatic ring is 2. The first kappa shape index (κ1) is 17.0. The van der Waals surface area contributed by atoms with Crippen LogP contribution in [-0.4, -0.2) is 39.7 Å². The number of amides is 1. The van der Waals surface area contributed by atoms with Crippen molar-refractivity contribution in [3.63, 3.8) is 0 Å². The van der Waals surface area contributed by atoms with Crippen LogP contribution in [0.3, 0.4) is 0 Å². The molecule has 7 nitrogen and oxygen atoms in total. The van der Waals surface area contributed by atoms with Crippen molar-refractivity contribution in [1.82, 2.24) is 14.9 Å². The molecule has 2 aromatic rings. The molecule has 1 fully saturated rings. The van der Waals surface area contributed by atoms with Gasteiger partial charge in [0.05, 0.1) is 5.69 Å². The lowest BCUT2D eigenvalue weighted by Crippen LogP contribution is -2.50. The van der Waals surface area contributed by atoms with Crippen molar-refractivity contribution in [2.75, 3.05) is 24.6 Å². The van der Waals surface area contributed by atoms with Crippen LogP contribution in [0.1, 0.15) is 32.4 Å². The van der Waals surface area contributed by atoms with Crippen LogP contribution >= 0.6 is 0 Å². The fraction of sp³-hybridized carbons (Fsp3) is 0.389. The van der Waals surface area contributed by atoms with Gasteiger partial charge < -0.3 is 21.1 Å². The number of carbonyl (C=O) groups is 1. The molecule has 0 bridgehead atoms. The number of hydrogen-bond donors (Lipinski definition) is 2. The highest BCUT2D eigenvalue weighted by Gasteiger charge is 2.36. The van der Waals surface area contributed by atoms with E-state index in [1.807, 2.05) is 45.0 Å². The summed E-state index contributed by atoms with van der Waals surface area (Å²) in [4.78, 5) is 22.3. The first-order valence-electron chi connectivity index (χ1n) is 8.19. The van der Waals surface area contributed by atoms with Crippen molar-refractivity contribution in [3.05, 3.63) is 36.2 Å². The van der Waals surface area contributed by atoms with Crippen LogP contribution in [0.5, 0.6) is 0 Å². The van der Waals surface area contributed by atoms with E-state index >= 15 is 0 Å². The van der Waals surface area contributed by atoms with Crippen molar-refractivity contribution in [3.8, 4) is 11.1 Å². The molecule has 0 unspecified atom stereocenters. The smallest absolute Gasteiger partial charge is 0.410 e. The number of aromatic nitrogens is 2. The molecular weight excluding hydrogens is 318 g/mol. The quantitative estimate of drug-likeness (QED) is 0.813. The Morgan fingerprint density at radius 1 is 1.28 bits per heavy atom. The molecule has 0 saturated carbocycles. The number of nitrogens with zero attached hydrogens (tertiary/aromatic N) is 3. The monoisotopic (exact) mass is 341 g/mol. The summed E-state index contributed by atoms with van der Waals surface area (Å²) in [7, 11) is 0. The number of anilines is 2. The summed E-state index contributed by atoms with van der Waals surface area (Å²) in [6.45, 7) is 6.64. The molecule has 1 aromatic heterocycles. The third-order valence-electron chi connectivity index (χ3n) is 3.95. The molecule has 2 heterocycles. The van der Waals surface area contributed by atoms with Crippen LogP contribution in [0.4, 0.5) is 16.4 Å². The topological polar surface area (TPSA) is 107 Å². The Kier molecular flexibility index (Phi) is 4.24. The molecule has 3 rings (SSSR count). The van der Waals surface area contributed by atoms with Gasteiger partial charge in [0, 0.05) is 36.5 Å². The second-order valence-corrected chi connectivity index (χ2v) is 7.23. The summed E-state index contributed by atoms with van der Waals surface area (Å²) in [6, 6.07) is 7.55. The number of rotatable bonds is 2. The SMILES string of the molecule is CC(C)(C)OC(=O)N1CC(c2nc(N)ncc2-c2cccc(N)c2)C1. The van der Waals surface area contributed by atoms with Gasteiger partial charge in [-0.25, -0.2) is 14.8 Å². The molecule has 1 aliphatic rings. The maximum Gasteiger partial charge on any atom is 0.410 e. The lowest BCUT2D eigenvalue weighted by Gasteiger charge is -2.40. The number of nitrogens with two attached hydrogens (primary N) is 2. The Morgan fingerprint density at radius 2 is 2.00 bits per heavy atom.